The lowest BCUT2D eigenvalue weighted by Gasteiger charge is -2.34. The Morgan fingerprint density at radius 1 is 0.933 bits per heavy atom. The Morgan fingerprint density at radius 2 is 1.60 bits per heavy atom. The summed E-state index contributed by atoms with van der Waals surface area (Å²) in [6, 6.07) is 7.20. The van der Waals surface area contributed by atoms with E-state index >= 15 is 0 Å². The number of amides is 3. The average molecular weight is 412 g/mol. The van der Waals surface area contributed by atoms with Crippen LogP contribution in [0.1, 0.15) is 62.2 Å². The van der Waals surface area contributed by atoms with Crippen LogP contribution >= 0.6 is 0 Å². The van der Waals surface area contributed by atoms with E-state index < -0.39 is 0 Å². The number of nitrogens with zero attached hydrogens (tertiary/aromatic N) is 2. The van der Waals surface area contributed by atoms with Crippen LogP contribution in [0.25, 0.3) is 0 Å². The molecule has 2 aliphatic heterocycles. The van der Waals surface area contributed by atoms with Gasteiger partial charge in [-0.1, -0.05) is 25.8 Å². The van der Waals surface area contributed by atoms with Crippen molar-refractivity contribution >= 4 is 23.4 Å². The van der Waals surface area contributed by atoms with Gasteiger partial charge in [0.05, 0.1) is 0 Å². The SMILES string of the molecule is CC1CC1C(=O)Nc1cccc(C(=O)N2CCC(C(=O)N3CCCCCC3)CC2)c1. The van der Waals surface area contributed by atoms with Crippen molar-refractivity contribution in [2.24, 2.45) is 17.8 Å². The molecule has 1 aromatic rings. The van der Waals surface area contributed by atoms with E-state index in [1.807, 2.05) is 21.9 Å². The lowest BCUT2D eigenvalue weighted by atomic mass is 9.94. The fourth-order valence-corrected chi connectivity index (χ4v) is 4.71. The second-order valence-electron chi connectivity index (χ2n) is 9.20. The number of nitrogens with one attached hydrogen (secondary N) is 1. The molecular weight excluding hydrogens is 378 g/mol. The molecule has 2 unspecified atom stereocenters. The van der Waals surface area contributed by atoms with Gasteiger partial charge in [0.15, 0.2) is 0 Å². The standard InChI is InChI=1S/C24H33N3O3/c1-17-15-21(17)22(28)25-20-8-6-7-19(16-20)24(30)27-13-9-18(10-14-27)23(29)26-11-4-2-3-5-12-26/h6-8,16-18,21H,2-5,9-15H2,1H3,(H,25,28). The van der Waals surface area contributed by atoms with Crippen molar-refractivity contribution in [1.82, 2.24) is 9.80 Å². The Hall–Kier alpha value is -2.37. The van der Waals surface area contributed by atoms with Crippen LogP contribution < -0.4 is 5.32 Å². The van der Waals surface area contributed by atoms with Crippen molar-refractivity contribution in [3.63, 3.8) is 0 Å². The van der Waals surface area contributed by atoms with Crippen molar-refractivity contribution in [1.29, 1.82) is 0 Å². The number of likely N-dealkylation sites (tertiary alicyclic amines) is 2. The maximum Gasteiger partial charge on any atom is 0.253 e. The van der Waals surface area contributed by atoms with Gasteiger partial charge in [-0.2, -0.15) is 0 Å². The summed E-state index contributed by atoms with van der Waals surface area (Å²) >= 11 is 0. The first kappa shape index (κ1) is 20.9. The average Bonchev–Trinajstić information content (AvgIpc) is 3.55. The molecule has 1 N–H and O–H groups in total. The molecule has 30 heavy (non-hydrogen) atoms. The molecule has 6 heteroatoms. The van der Waals surface area contributed by atoms with Gasteiger partial charge < -0.3 is 15.1 Å². The number of piperidine rings is 1. The van der Waals surface area contributed by atoms with Crippen LogP contribution in [0.4, 0.5) is 5.69 Å². The van der Waals surface area contributed by atoms with Gasteiger partial charge in [-0.15, -0.1) is 0 Å². The summed E-state index contributed by atoms with van der Waals surface area (Å²) in [5.41, 5.74) is 1.27. The van der Waals surface area contributed by atoms with Crippen LogP contribution in [-0.2, 0) is 9.59 Å². The number of hydrogen-bond donors (Lipinski definition) is 1. The van der Waals surface area contributed by atoms with E-state index in [2.05, 4.69) is 12.2 Å². The van der Waals surface area contributed by atoms with Gasteiger partial charge in [-0.3, -0.25) is 14.4 Å². The summed E-state index contributed by atoms with van der Waals surface area (Å²) in [7, 11) is 0. The molecule has 162 valence electrons. The first-order valence-electron chi connectivity index (χ1n) is 11.5. The molecule has 3 amide bonds. The van der Waals surface area contributed by atoms with E-state index in [1.165, 1.54) is 12.8 Å². The van der Waals surface area contributed by atoms with Crippen LogP contribution in [0.3, 0.4) is 0 Å². The van der Waals surface area contributed by atoms with Gasteiger partial charge in [0.1, 0.15) is 0 Å². The topological polar surface area (TPSA) is 69.7 Å². The summed E-state index contributed by atoms with van der Waals surface area (Å²) < 4.78 is 0. The van der Waals surface area contributed by atoms with Crippen molar-refractivity contribution in [2.45, 2.75) is 51.9 Å². The number of hydrogen-bond acceptors (Lipinski definition) is 3. The Morgan fingerprint density at radius 3 is 2.23 bits per heavy atom. The second-order valence-corrected chi connectivity index (χ2v) is 9.20. The van der Waals surface area contributed by atoms with E-state index in [9.17, 15) is 14.4 Å². The molecule has 3 aliphatic rings. The Kier molecular flexibility index (Phi) is 6.40. The van der Waals surface area contributed by atoms with Gasteiger partial charge in [-0.05, 0) is 56.2 Å². The fourth-order valence-electron chi connectivity index (χ4n) is 4.71. The fraction of sp³-hybridized carbons (Fsp3) is 0.625. The maximum absolute atomic E-state index is 13.0. The van der Waals surface area contributed by atoms with E-state index in [1.54, 1.807) is 12.1 Å². The van der Waals surface area contributed by atoms with E-state index in [-0.39, 0.29) is 29.6 Å². The van der Waals surface area contributed by atoms with Gasteiger partial charge in [-0.25, -0.2) is 0 Å². The van der Waals surface area contributed by atoms with E-state index in [0.717, 1.165) is 45.2 Å². The molecule has 0 radical (unpaired) electrons. The van der Waals surface area contributed by atoms with Crippen LogP contribution in [0.5, 0.6) is 0 Å². The van der Waals surface area contributed by atoms with Crippen molar-refractivity contribution in [2.75, 3.05) is 31.5 Å². The van der Waals surface area contributed by atoms with Gasteiger partial charge in [0.25, 0.3) is 5.91 Å². The molecule has 2 heterocycles. The molecule has 0 spiro atoms. The number of carbonyl (C=O) groups excluding carboxylic acids is 3. The third kappa shape index (κ3) is 4.85. The molecule has 2 atom stereocenters. The van der Waals surface area contributed by atoms with Gasteiger partial charge >= 0.3 is 0 Å². The summed E-state index contributed by atoms with van der Waals surface area (Å²) in [6.45, 7) is 5.07. The molecule has 0 aromatic heterocycles. The Bertz CT molecular complexity index is 793. The molecule has 1 aromatic carbocycles. The zero-order chi connectivity index (χ0) is 21.1. The van der Waals surface area contributed by atoms with Crippen LogP contribution in [-0.4, -0.2) is 53.7 Å². The molecular formula is C24H33N3O3. The molecule has 1 saturated carbocycles. The van der Waals surface area contributed by atoms with Gasteiger partial charge in [0, 0.05) is 49.3 Å². The summed E-state index contributed by atoms with van der Waals surface area (Å²) in [5, 5.41) is 2.94. The molecule has 3 fully saturated rings. The Balaban J connectivity index is 1.31. The Labute approximate surface area is 179 Å². The highest BCUT2D eigenvalue weighted by atomic mass is 16.2. The van der Waals surface area contributed by atoms with Crippen LogP contribution in [0.2, 0.25) is 0 Å². The van der Waals surface area contributed by atoms with Crippen LogP contribution in [0.15, 0.2) is 24.3 Å². The third-order valence-electron chi connectivity index (χ3n) is 6.87. The van der Waals surface area contributed by atoms with E-state index in [4.69, 9.17) is 0 Å². The predicted octanol–water partition coefficient (Wildman–Crippen LogP) is 3.54. The largest absolute Gasteiger partial charge is 0.342 e. The lowest BCUT2D eigenvalue weighted by Crippen LogP contribution is -2.44. The van der Waals surface area contributed by atoms with E-state index in [0.29, 0.717) is 30.3 Å². The molecule has 1 aliphatic carbocycles. The zero-order valence-electron chi connectivity index (χ0n) is 17.9. The molecule has 0 bridgehead atoms. The number of carbonyl (C=O) groups is 3. The van der Waals surface area contributed by atoms with Crippen molar-refractivity contribution in [3.05, 3.63) is 29.8 Å². The highest BCUT2D eigenvalue weighted by molar-refractivity contribution is 5.98. The number of rotatable bonds is 4. The van der Waals surface area contributed by atoms with Crippen molar-refractivity contribution in [3.8, 4) is 0 Å². The summed E-state index contributed by atoms with van der Waals surface area (Å²) in [6.07, 6.45) is 7.06. The quantitative estimate of drug-likeness (QED) is 0.824. The smallest absolute Gasteiger partial charge is 0.253 e. The first-order chi connectivity index (χ1) is 14.5. The number of anilines is 1. The lowest BCUT2D eigenvalue weighted by molar-refractivity contribution is -0.136. The minimum Gasteiger partial charge on any atom is -0.342 e. The number of benzene rings is 1. The minimum atomic E-state index is -0.0217. The van der Waals surface area contributed by atoms with Gasteiger partial charge in [0.2, 0.25) is 11.8 Å². The highest BCUT2D eigenvalue weighted by Gasteiger charge is 2.39. The highest BCUT2D eigenvalue weighted by Crippen LogP contribution is 2.38. The van der Waals surface area contributed by atoms with Crippen molar-refractivity contribution < 1.29 is 14.4 Å². The zero-order valence-corrected chi connectivity index (χ0v) is 17.9. The monoisotopic (exact) mass is 411 g/mol. The summed E-state index contributed by atoms with van der Waals surface area (Å²) in [5.74, 6) is 0.895. The molecule has 6 nitrogen and oxygen atoms in total. The maximum atomic E-state index is 13.0. The summed E-state index contributed by atoms with van der Waals surface area (Å²) in [4.78, 5) is 41.9. The third-order valence-corrected chi connectivity index (χ3v) is 6.87. The molecule has 2 saturated heterocycles. The molecule has 4 rings (SSSR count). The normalized spacial score (nSPS) is 24.8. The van der Waals surface area contributed by atoms with Crippen LogP contribution in [0, 0.1) is 17.8 Å². The first-order valence-corrected chi connectivity index (χ1v) is 11.5. The predicted molar refractivity (Wildman–Crippen MR) is 116 cm³/mol. The minimum absolute atomic E-state index is 0.0217. The second kappa shape index (κ2) is 9.19.